The molecule has 1 aromatic heterocycles. The van der Waals surface area contributed by atoms with Gasteiger partial charge in [0, 0.05) is 19.1 Å². The first-order chi connectivity index (χ1) is 11.9. The second kappa shape index (κ2) is 7.70. The van der Waals surface area contributed by atoms with Gasteiger partial charge in [0.2, 0.25) is 5.91 Å². The molecule has 3 heterocycles. The number of hydrogen-bond donors (Lipinski definition) is 1. The third kappa shape index (κ3) is 4.92. The number of amides is 1. The SMILES string of the molecule is CN(CC(=O)Nc1ccc(N2CCCCC2)cn1)C1CCS(=O)(=O)C1. The normalized spacial score (nSPS) is 23.0. The van der Waals surface area contributed by atoms with Gasteiger partial charge in [0.05, 0.1) is 29.9 Å². The summed E-state index contributed by atoms with van der Waals surface area (Å²) in [7, 11) is -1.15. The van der Waals surface area contributed by atoms with Crippen molar-refractivity contribution in [3.05, 3.63) is 18.3 Å². The Morgan fingerprint density at radius 3 is 2.68 bits per heavy atom. The Labute approximate surface area is 149 Å². The average Bonchev–Trinajstić information content (AvgIpc) is 2.96. The van der Waals surface area contributed by atoms with Crippen molar-refractivity contribution < 1.29 is 13.2 Å². The Balaban J connectivity index is 1.50. The van der Waals surface area contributed by atoms with Gasteiger partial charge in [-0.15, -0.1) is 0 Å². The predicted molar refractivity (Wildman–Crippen MR) is 98.6 cm³/mol. The van der Waals surface area contributed by atoms with E-state index in [1.807, 2.05) is 17.0 Å². The van der Waals surface area contributed by atoms with Crippen molar-refractivity contribution >= 4 is 27.2 Å². The zero-order valence-corrected chi connectivity index (χ0v) is 15.5. The van der Waals surface area contributed by atoms with Gasteiger partial charge in [0.1, 0.15) is 5.82 Å². The van der Waals surface area contributed by atoms with Gasteiger partial charge in [0.15, 0.2) is 9.84 Å². The lowest BCUT2D eigenvalue weighted by molar-refractivity contribution is -0.117. The maximum atomic E-state index is 12.2. The number of piperidine rings is 1. The molecule has 8 heteroatoms. The Bertz CT molecular complexity index is 699. The molecule has 1 atom stereocenters. The third-order valence-electron chi connectivity index (χ3n) is 4.96. The van der Waals surface area contributed by atoms with Crippen LogP contribution in [0.5, 0.6) is 0 Å². The number of nitrogens with zero attached hydrogens (tertiary/aromatic N) is 3. The Morgan fingerprint density at radius 1 is 1.32 bits per heavy atom. The molecule has 1 amide bonds. The molecule has 0 saturated carbocycles. The van der Waals surface area contributed by atoms with E-state index < -0.39 is 9.84 Å². The number of rotatable bonds is 5. The fraction of sp³-hybridized carbons (Fsp3) is 0.647. The highest BCUT2D eigenvalue weighted by Crippen LogP contribution is 2.20. The van der Waals surface area contributed by atoms with Gasteiger partial charge in [-0.1, -0.05) is 0 Å². The van der Waals surface area contributed by atoms with E-state index in [9.17, 15) is 13.2 Å². The van der Waals surface area contributed by atoms with Gasteiger partial charge in [-0.25, -0.2) is 13.4 Å². The van der Waals surface area contributed by atoms with Crippen molar-refractivity contribution in [1.29, 1.82) is 0 Å². The molecule has 1 aromatic rings. The summed E-state index contributed by atoms with van der Waals surface area (Å²) in [5.74, 6) is 0.700. The number of carbonyl (C=O) groups excluding carboxylic acids is 1. The second-order valence-electron chi connectivity index (χ2n) is 6.97. The van der Waals surface area contributed by atoms with Crippen molar-refractivity contribution in [1.82, 2.24) is 9.88 Å². The van der Waals surface area contributed by atoms with Crippen LogP contribution in [-0.2, 0) is 14.6 Å². The minimum absolute atomic E-state index is 0.0785. The summed E-state index contributed by atoms with van der Waals surface area (Å²) in [5, 5.41) is 2.79. The smallest absolute Gasteiger partial charge is 0.239 e. The van der Waals surface area contributed by atoms with Crippen LogP contribution in [0.4, 0.5) is 11.5 Å². The number of nitrogens with one attached hydrogen (secondary N) is 1. The van der Waals surface area contributed by atoms with E-state index in [0.717, 1.165) is 18.8 Å². The van der Waals surface area contributed by atoms with Crippen LogP contribution in [0.25, 0.3) is 0 Å². The van der Waals surface area contributed by atoms with Crippen molar-refractivity contribution in [2.24, 2.45) is 0 Å². The number of pyridine rings is 1. The Morgan fingerprint density at radius 2 is 2.08 bits per heavy atom. The van der Waals surface area contributed by atoms with E-state index in [2.05, 4.69) is 15.2 Å². The van der Waals surface area contributed by atoms with Crippen molar-refractivity contribution in [3.8, 4) is 0 Å². The first kappa shape index (κ1) is 18.1. The molecule has 138 valence electrons. The topological polar surface area (TPSA) is 82.6 Å². The van der Waals surface area contributed by atoms with Gasteiger partial charge in [-0.05, 0) is 44.9 Å². The molecule has 1 N–H and O–H groups in total. The molecular weight excluding hydrogens is 340 g/mol. The fourth-order valence-corrected chi connectivity index (χ4v) is 5.27. The molecule has 0 aliphatic carbocycles. The fourth-order valence-electron chi connectivity index (χ4n) is 3.46. The molecule has 2 saturated heterocycles. The number of likely N-dealkylation sites (N-methyl/N-ethyl adjacent to an activating group) is 1. The molecule has 25 heavy (non-hydrogen) atoms. The summed E-state index contributed by atoms with van der Waals surface area (Å²) in [5.41, 5.74) is 1.09. The lowest BCUT2D eigenvalue weighted by atomic mass is 10.1. The molecule has 0 bridgehead atoms. The molecule has 0 aromatic carbocycles. The van der Waals surface area contributed by atoms with Crippen LogP contribution in [0.2, 0.25) is 0 Å². The van der Waals surface area contributed by atoms with E-state index in [1.54, 1.807) is 13.2 Å². The molecule has 7 nitrogen and oxygen atoms in total. The maximum absolute atomic E-state index is 12.2. The van der Waals surface area contributed by atoms with Crippen molar-refractivity contribution in [2.75, 3.05) is 48.4 Å². The molecule has 3 rings (SSSR count). The van der Waals surface area contributed by atoms with E-state index in [1.165, 1.54) is 19.3 Å². The molecule has 2 aliphatic heterocycles. The molecule has 1 unspecified atom stereocenters. The third-order valence-corrected chi connectivity index (χ3v) is 6.71. The molecule has 2 fully saturated rings. The van der Waals surface area contributed by atoms with E-state index in [-0.39, 0.29) is 30.0 Å². The molecular formula is C17H26N4O3S. The second-order valence-corrected chi connectivity index (χ2v) is 9.20. The van der Waals surface area contributed by atoms with Crippen LogP contribution < -0.4 is 10.2 Å². The monoisotopic (exact) mass is 366 g/mol. The van der Waals surface area contributed by atoms with Gasteiger partial charge >= 0.3 is 0 Å². The van der Waals surface area contributed by atoms with Gasteiger partial charge in [-0.3, -0.25) is 9.69 Å². The molecule has 0 spiro atoms. The largest absolute Gasteiger partial charge is 0.370 e. The van der Waals surface area contributed by atoms with Crippen LogP contribution >= 0.6 is 0 Å². The summed E-state index contributed by atoms with van der Waals surface area (Å²) >= 11 is 0. The highest BCUT2D eigenvalue weighted by atomic mass is 32.2. The zero-order chi connectivity index (χ0) is 17.9. The minimum Gasteiger partial charge on any atom is -0.370 e. The van der Waals surface area contributed by atoms with Crippen LogP contribution in [0, 0.1) is 0 Å². The summed E-state index contributed by atoms with van der Waals surface area (Å²) < 4.78 is 23.1. The van der Waals surface area contributed by atoms with E-state index in [4.69, 9.17) is 0 Å². The molecule has 0 radical (unpaired) electrons. The number of anilines is 2. The molecule has 2 aliphatic rings. The summed E-state index contributed by atoms with van der Waals surface area (Å²) in [6.07, 6.45) is 6.10. The predicted octanol–water partition coefficient (Wildman–Crippen LogP) is 1.13. The van der Waals surface area contributed by atoms with Crippen molar-refractivity contribution in [3.63, 3.8) is 0 Å². The standard InChI is InChI=1S/C17H26N4O3S/c1-20(15-7-10-25(23,24)13-15)12-17(22)19-16-6-5-14(11-18-16)21-8-3-2-4-9-21/h5-6,11,15H,2-4,7-10,12-13H2,1H3,(H,18,19,22). The highest BCUT2D eigenvalue weighted by Gasteiger charge is 2.31. The van der Waals surface area contributed by atoms with Crippen LogP contribution in [0.1, 0.15) is 25.7 Å². The number of aromatic nitrogens is 1. The quantitative estimate of drug-likeness (QED) is 0.841. The van der Waals surface area contributed by atoms with E-state index >= 15 is 0 Å². The number of carbonyl (C=O) groups is 1. The van der Waals surface area contributed by atoms with Crippen LogP contribution in [0.15, 0.2) is 18.3 Å². The lowest BCUT2D eigenvalue weighted by Gasteiger charge is -2.28. The Kier molecular flexibility index (Phi) is 5.58. The number of hydrogen-bond acceptors (Lipinski definition) is 6. The first-order valence-electron chi connectivity index (χ1n) is 8.84. The first-order valence-corrected chi connectivity index (χ1v) is 10.7. The Hall–Kier alpha value is -1.67. The summed E-state index contributed by atoms with van der Waals surface area (Å²) in [4.78, 5) is 20.6. The lowest BCUT2D eigenvalue weighted by Crippen LogP contribution is -2.38. The zero-order valence-electron chi connectivity index (χ0n) is 14.6. The highest BCUT2D eigenvalue weighted by molar-refractivity contribution is 7.91. The summed E-state index contributed by atoms with van der Waals surface area (Å²) in [6, 6.07) is 3.73. The maximum Gasteiger partial charge on any atom is 0.239 e. The summed E-state index contributed by atoms with van der Waals surface area (Å²) in [6.45, 7) is 2.28. The van der Waals surface area contributed by atoms with Crippen molar-refractivity contribution in [2.45, 2.75) is 31.7 Å². The van der Waals surface area contributed by atoms with Gasteiger partial charge < -0.3 is 10.2 Å². The average molecular weight is 366 g/mol. The van der Waals surface area contributed by atoms with E-state index in [0.29, 0.717) is 12.2 Å². The van der Waals surface area contributed by atoms with Crippen LogP contribution in [0.3, 0.4) is 0 Å². The van der Waals surface area contributed by atoms with Gasteiger partial charge in [0.25, 0.3) is 0 Å². The number of sulfone groups is 1. The van der Waals surface area contributed by atoms with Gasteiger partial charge in [-0.2, -0.15) is 0 Å². The minimum atomic E-state index is -2.94. The van der Waals surface area contributed by atoms with Crippen LogP contribution in [-0.4, -0.2) is 68.4 Å².